The Morgan fingerprint density at radius 3 is 2.47 bits per heavy atom. The monoisotopic (exact) mass is 643 g/mol. The highest BCUT2D eigenvalue weighted by molar-refractivity contribution is 7.52. The van der Waals surface area contributed by atoms with Gasteiger partial charge in [0.25, 0.3) is 5.91 Å². The zero-order valence-electron chi connectivity index (χ0n) is 24.5. The summed E-state index contributed by atoms with van der Waals surface area (Å²) in [5.41, 5.74) is -2.63. The van der Waals surface area contributed by atoms with Crippen molar-refractivity contribution in [3.63, 3.8) is 0 Å². The Labute approximate surface area is 258 Å². The van der Waals surface area contributed by atoms with Gasteiger partial charge in [0, 0.05) is 36.1 Å². The topological polar surface area (TPSA) is 155 Å². The average Bonchev–Trinajstić information content (AvgIpc) is 3.70. The molecule has 0 radical (unpaired) electrons. The lowest BCUT2D eigenvalue weighted by molar-refractivity contribution is -0.146. The van der Waals surface area contributed by atoms with E-state index in [9.17, 15) is 27.7 Å². The Kier molecular flexibility index (Phi) is 8.55. The van der Waals surface area contributed by atoms with Crippen LogP contribution in [0.4, 0.5) is 8.78 Å². The van der Waals surface area contributed by atoms with Gasteiger partial charge in [-0.3, -0.25) is 18.9 Å². The highest BCUT2D eigenvalue weighted by atomic mass is 31.2. The number of carbonyl (C=O) groups excluding carboxylic acids is 3. The number of rotatable bonds is 7. The van der Waals surface area contributed by atoms with E-state index in [1.54, 1.807) is 4.90 Å². The molecule has 0 aliphatic carbocycles. The molecule has 6 rings (SSSR count). The molecule has 14 heteroatoms. The summed E-state index contributed by atoms with van der Waals surface area (Å²) in [5.74, 6) is -1.22. The summed E-state index contributed by atoms with van der Waals surface area (Å²) in [6, 6.07) is 10.9. The molecule has 45 heavy (non-hydrogen) atoms. The number of hydrogen-bond donors (Lipinski definition) is 5. The zero-order chi connectivity index (χ0) is 31.9. The van der Waals surface area contributed by atoms with Crippen molar-refractivity contribution in [1.29, 1.82) is 0 Å². The quantitative estimate of drug-likeness (QED) is 0.248. The minimum absolute atomic E-state index is 0.00871. The predicted molar refractivity (Wildman–Crippen MR) is 161 cm³/mol. The van der Waals surface area contributed by atoms with Gasteiger partial charge in [0.15, 0.2) is 0 Å². The van der Waals surface area contributed by atoms with Crippen LogP contribution in [0.15, 0.2) is 48.5 Å². The van der Waals surface area contributed by atoms with Crippen LogP contribution in [0.3, 0.4) is 0 Å². The molecule has 3 aliphatic rings. The lowest BCUT2D eigenvalue weighted by Crippen LogP contribution is -2.57. The minimum atomic E-state index is -5.77. The number of likely N-dealkylation sites (tertiary alicyclic amines) is 1. The van der Waals surface area contributed by atoms with Crippen LogP contribution < -0.4 is 10.6 Å². The fraction of sp³-hybridized carbons (Fsp3) is 0.452. The number of piperidine rings is 1. The SMILES string of the molecule is O=C(NC(C(=O)N1CCC[C@H]1C(=O)N1CCc2ccccc2C1)C1CCNCC1)c1cc2cc(C(F)(F)P(=O)(O)O)ccc2[nH]1. The highest BCUT2D eigenvalue weighted by Crippen LogP contribution is 2.59. The van der Waals surface area contributed by atoms with Crippen LogP contribution in [-0.2, 0) is 32.8 Å². The van der Waals surface area contributed by atoms with Gasteiger partial charge < -0.3 is 35.2 Å². The first-order valence-electron chi connectivity index (χ1n) is 15.2. The van der Waals surface area contributed by atoms with Crippen LogP contribution in [0.25, 0.3) is 10.9 Å². The minimum Gasteiger partial charge on any atom is -0.351 e. The first kappa shape index (κ1) is 31.3. The number of fused-ring (bicyclic) bond motifs is 2. The number of carbonyl (C=O) groups is 3. The highest BCUT2D eigenvalue weighted by Gasteiger charge is 2.50. The van der Waals surface area contributed by atoms with Gasteiger partial charge in [-0.2, -0.15) is 8.78 Å². The fourth-order valence-corrected chi connectivity index (χ4v) is 7.22. The van der Waals surface area contributed by atoms with E-state index in [1.165, 1.54) is 17.7 Å². The third-order valence-electron chi connectivity index (χ3n) is 9.25. The molecule has 3 aromatic rings. The molecule has 4 heterocycles. The third kappa shape index (κ3) is 6.14. The Morgan fingerprint density at radius 1 is 1.00 bits per heavy atom. The second kappa shape index (κ2) is 12.3. The van der Waals surface area contributed by atoms with Crippen LogP contribution in [0.5, 0.6) is 0 Å². The normalized spacial score (nSPS) is 20.2. The number of aromatic nitrogens is 1. The van der Waals surface area contributed by atoms with Crippen LogP contribution in [0.1, 0.15) is 52.9 Å². The van der Waals surface area contributed by atoms with Gasteiger partial charge in [0.1, 0.15) is 17.8 Å². The molecular formula is C31H36F2N5O6P. The Morgan fingerprint density at radius 2 is 1.73 bits per heavy atom. The molecule has 240 valence electrons. The number of alkyl halides is 2. The number of halogens is 2. The summed E-state index contributed by atoms with van der Waals surface area (Å²) in [7, 11) is -5.77. The summed E-state index contributed by atoms with van der Waals surface area (Å²) in [6.45, 7) is 2.81. The molecule has 2 saturated heterocycles. The van der Waals surface area contributed by atoms with Crippen molar-refractivity contribution in [3.05, 3.63) is 70.9 Å². The Hall–Kier alpha value is -3.64. The van der Waals surface area contributed by atoms with Gasteiger partial charge in [-0.15, -0.1) is 0 Å². The van der Waals surface area contributed by atoms with Gasteiger partial charge in [-0.05, 0) is 80.4 Å². The Bertz CT molecular complexity index is 1670. The van der Waals surface area contributed by atoms with Crippen LogP contribution >= 0.6 is 7.60 Å². The maximum absolute atomic E-state index is 14.3. The van der Waals surface area contributed by atoms with E-state index >= 15 is 0 Å². The number of hydrogen-bond acceptors (Lipinski definition) is 5. The molecule has 2 fully saturated rings. The van der Waals surface area contributed by atoms with E-state index in [1.807, 2.05) is 23.1 Å². The summed E-state index contributed by atoms with van der Waals surface area (Å²) in [5, 5.41) is 6.30. The van der Waals surface area contributed by atoms with Crippen molar-refractivity contribution in [2.45, 2.75) is 56.4 Å². The van der Waals surface area contributed by atoms with E-state index in [0.717, 1.165) is 24.1 Å². The molecule has 0 bridgehead atoms. The average molecular weight is 644 g/mol. The second-order valence-corrected chi connectivity index (χ2v) is 13.7. The molecule has 3 amide bonds. The van der Waals surface area contributed by atoms with Crippen molar-refractivity contribution >= 4 is 36.2 Å². The van der Waals surface area contributed by atoms with Crippen LogP contribution in [-0.4, -0.2) is 80.6 Å². The molecule has 11 nitrogen and oxygen atoms in total. The molecule has 2 aromatic carbocycles. The van der Waals surface area contributed by atoms with Gasteiger partial charge in [-0.25, -0.2) is 0 Å². The molecule has 0 spiro atoms. The maximum Gasteiger partial charge on any atom is 0.399 e. The van der Waals surface area contributed by atoms with Crippen molar-refractivity contribution in [1.82, 2.24) is 25.4 Å². The number of nitrogens with zero attached hydrogens (tertiary/aromatic N) is 2. The number of amides is 3. The Balaban J connectivity index is 1.22. The van der Waals surface area contributed by atoms with Crippen molar-refractivity contribution < 1.29 is 37.5 Å². The zero-order valence-corrected chi connectivity index (χ0v) is 25.4. The largest absolute Gasteiger partial charge is 0.399 e. The van der Waals surface area contributed by atoms with Gasteiger partial charge >= 0.3 is 13.3 Å². The van der Waals surface area contributed by atoms with Crippen molar-refractivity contribution in [2.75, 3.05) is 26.2 Å². The van der Waals surface area contributed by atoms with E-state index < -0.39 is 36.8 Å². The lowest BCUT2D eigenvalue weighted by Gasteiger charge is -2.37. The number of benzene rings is 2. The van der Waals surface area contributed by atoms with Gasteiger partial charge in [0.05, 0.1) is 0 Å². The van der Waals surface area contributed by atoms with E-state index in [0.29, 0.717) is 63.9 Å². The van der Waals surface area contributed by atoms with Crippen molar-refractivity contribution in [3.8, 4) is 0 Å². The number of aromatic amines is 1. The molecule has 1 unspecified atom stereocenters. The van der Waals surface area contributed by atoms with Gasteiger partial charge in [0.2, 0.25) is 11.8 Å². The van der Waals surface area contributed by atoms with E-state index in [4.69, 9.17) is 9.79 Å². The lowest BCUT2D eigenvalue weighted by atomic mass is 9.89. The second-order valence-electron chi connectivity index (χ2n) is 12.1. The first-order chi connectivity index (χ1) is 21.4. The predicted octanol–water partition coefficient (Wildman–Crippen LogP) is 3.07. The molecule has 5 N–H and O–H groups in total. The summed E-state index contributed by atoms with van der Waals surface area (Å²) in [4.78, 5) is 66.0. The molecule has 0 saturated carbocycles. The standard InChI is InChI=1S/C31H36F2N5O6P/c32-31(33,45(42,43)44)23-7-8-24-22(16-23)17-25(35-24)28(39)36-27(20-9-12-34-13-10-20)30(41)38-14-3-6-26(38)29(40)37-15-11-19-4-1-2-5-21(19)18-37/h1-2,4-5,7-8,16-17,20,26-27,34-35H,3,6,9-15,18H2,(H,36,39)(H2,42,43,44)/t26-,27?/m0/s1. The number of H-pyrrole nitrogens is 1. The fourth-order valence-electron chi connectivity index (χ4n) is 6.75. The molecule has 1 aromatic heterocycles. The molecule has 2 atom stereocenters. The van der Waals surface area contributed by atoms with E-state index in [-0.39, 0.29) is 28.8 Å². The first-order valence-corrected chi connectivity index (χ1v) is 16.8. The third-order valence-corrected chi connectivity index (χ3v) is 10.2. The van der Waals surface area contributed by atoms with Crippen LogP contribution in [0, 0.1) is 5.92 Å². The van der Waals surface area contributed by atoms with Crippen molar-refractivity contribution in [2.24, 2.45) is 5.92 Å². The summed E-state index contributed by atoms with van der Waals surface area (Å²) < 4.78 is 40.0. The molecular weight excluding hydrogens is 607 g/mol. The smallest absolute Gasteiger partial charge is 0.351 e. The van der Waals surface area contributed by atoms with Gasteiger partial charge in [-0.1, -0.05) is 30.3 Å². The van der Waals surface area contributed by atoms with Crippen LogP contribution in [0.2, 0.25) is 0 Å². The maximum atomic E-state index is 14.3. The summed E-state index contributed by atoms with van der Waals surface area (Å²) in [6.07, 6.45) is 3.24. The number of nitrogens with one attached hydrogen (secondary N) is 3. The molecule has 3 aliphatic heterocycles. The van der Waals surface area contributed by atoms with E-state index in [2.05, 4.69) is 21.7 Å². The summed E-state index contributed by atoms with van der Waals surface area (Å²) >= 11 is 0.